The summed E-state index contributed by atoms with van der Waals surface area (Å²) in [6, 6.07) is 45.1. The van der Waals surface area contributed by atoms with Gasteiger partial charge in [0, 0.05) is 0 Å². The predicted molar refractivity (Wildman–Crippen MR) is 233 cm³/mol. The Labute approximate surface area is 333 Å². The van der Waals surface area contributed by atoms with Crippen LogP contribution in [-0.2, 0) is 21.8 Å². The van der Waals surface area contributed by atoms with Gasteiger partial charge in [-0.2, -0.15) is 0 Å². The molecule has 0 N–H and O–H groups in total. The second-order valence-electron chi connectivity index (χ2n) is 16.7. The maximum absolute atomic E-state index is 2.87. The molecule has 267 valence electrons. The number of hydrogen-bond acceptors (Lipinski definition) is 0. The van der Waals surface area contributed by atoms with Crippen molar-refractivity contribution in [3.63, 3.8) is 0 Å². The number of benzene rings is 6. The molecule has 0 bridgehead atoms. The van der Waals surface area contributed by atoms with Crippen LogP contribution in [0.3, 0.4) is 0 Å². The summed E-state index contributed by atoms with van der Waals surface area (Å²) < 4.78 is 2.69. The molecule has 2 atom stereocenters. The summed E-state index contributed by atoms with van der Waals surface area (Å²) in [5, 5.41) is 3.37. The monoisotopic (exact) mass is 793 g/mol. The Morgan fingerprint density at radius 2 is 0.907 bits per heavy atom. The molecule has 0 fully saturated rings. The van der Waals surface area contributed by atoms with E-state index in [0.29, 0.717) is 19.1 Å². The molecule has 3 aliphatic rings. The van der Waals surface area contributed by atoms with Gasteiger partial charge in [-0.1, -0.05) is 0 Å². The molecular formula is C52H51SiZr. The number of aryl methyl sites for hydroxylation is 2. The van der Waals surface area contributed by atoms with Crippen molar-refractivity contribution < 1.29 is 21.8 Å². The number of fused-ring (bicyclic) bond motifs is 5. The first-order valence-electron chi connectivity index (χ1n) is 20.0. The summed E-state index contributed by atoms with van der Waals surface area (Å²) in [5.74, 6) is 0.925. The van der Waals surface area contributed by atoms with Crippen LogP contribution in [0.15, 0.2) is 126 Å². The third-order valence-corrected chi connectivity index (χ3v) is 25.0. The molecule has 1 aliphatic heterocycles. The van der Waals surface area contributed by atoms with Crippen LogP contribution >= 0.6 is 0 Å². The molecule has 2 unspecified atom stereocenters. The number of rotatable bonds is 7. The quantitative estimate of drug-likeness (QED) is 0.141. The third kappa shape index (κ3) is 5.62. The van der Waals surface area contributed by atoms with E-state index < -0.39 is 31.3 Å². The van der Waals surface area contributed by atoms with Crippen LogP contribution in [0.5, 0.6) is 0 Å². The van der Waals surface area contributed by atoms with Gasteiger partial charge in [0.1, 0.15) is 0 Å². The SMILES string of the molecule is Cc1cccc(-c2cccc3c2C=C(C(C)C)[CH]3[Zr]([c]2cccc3c2[SiH2]c2ccccc2-3)[CH]2C(C(C)C)=Cc3c(-c4cccc(C)c4C)cccc32)c1C. The Morgan fingerprint density at radius 1 is 0.463 bits per heavy atom. The molecular weight excluding hydrogens is 744 g/mol. The standard InChI is InChI=1S/2C20H21.C12H9Si.Zr/c2*1-13(2)17-11-16-8-6-10-19(20(16)12-17)18-9-5-7-14(3)15(18)4;1-3-7-11-9(5-1)10-6-2-4-8-12(10)13-11;/h2*5-13H,1-4H3;1-7H,13H2;. The summed E-state index contributed by atoms with van der Waals surface area (Å²) in [6.45, 7) is 19.0. The number of allylic oxidation sites excluding steroid dienone is 2. The van der Waals surface area contributed by atoms with Crippen molar-refractivity contribution in [3.8, 4) is 33.4 Å². The zero-order valence-electron chi connectivity index (χ0n) is 33.1. The molecule has 0 spiro atoms. The summed E-state index contributed by atoms with van der Waals surface area (Å²) in [4.78, 5) is 0. The zero-order chi connectivity index (χ0) is 37.4. The first kappa shape index (κ1) is 35.6. The van der Waals surface area contributed by atoms with E-state index in [1.807, 2.05) is 0 Å². The Kier molecular flexibility index (Phi) is 9.15. The summed E-state index contributed by atoms with van der Waals surface area (Å²) >= 11 is -2.87. The van der Waals surface area contributed by atoms with Crippen LogP contribution in [0.1, 0.15) is 79.5 Å². The molecule has 0 radical (unpaired) electrons. The second-order valence-corrected chi connectivity index (χ2v) is 24.9. The minimum atomic E-state index is -2.87. The minimum absolute atomic E-state index is 0.458. The predicted octanol–water partition coefficient (Wildman–Crippen LogP) is 11.2. The van der Waals surface area contributed by atoms with E-state index in [9.17, 15) is 0 Å². The van der Waals surface area contributed by atoms with E-state index in [-0.39, 0.29) is 0 Å². The Balaban J connectivity index is 1.33. The van der Waals surface area contributed by atoms with E-state index in [1.165, 1.54) is 66.8 Å². The van der Waals surface area contributed by atoms with Crippen molar-refractivity contribution in [3.05, 3.63) is 171 Å². The van der Waals surface area contributed by atoms with E-state index in [0.717, 1.165) is 0 Å². The van der Waals surface area contributed by atoms with Crippen molar-refractivity contribution in [1.82, 2.24) is 0 Å². The fourth-order valence-electron chi connectivity index (χ4n) is 10.0. The molecule has 54 heavy (non-hydrogen) atoms. The van der Waals surface area contributed by atoms with Gasteiger partial charge in [0.2, 0.25) is 0 Å². The van der Waals surface area contributed by atoms with Gasteiger partial charge in [-0.3, -0.25) is 0 Å². The van der Waals surface area contributed by atoms with Gasteiger partial charge >= 0.3 is 336 Å². The fraction of sp³-hybridized carbons (Fsp3) is 0.231. The molecule has 9 rings (SSSR count). The molecule has 2 heteroatoms. The molecule has 0 saturated heterocycles. The van der Waals surface area contributed by atoms with Crippen LogP contribution in [0, 0.1) is 39.5 Å². The zero-order valence-corrected chi connectivity index (χ0v) is 37.0. The molecule has 0 nitrogen and oxygen atoms in total. The first-order valence-corrected chi connectivity index (χ1v) is 25.5. The van der Waals surface area contributed by atoms with Crippen LogP contribution in [0.2, 0.25) is 0 Å². The van der Waals surface area contributed by atoms with Crippen LogP contribution < -0.4 is 13.6 Å². The van der Waals surface area contributed by atoms with E-state index in [1.54, 1.807) is 35.9 Å². The summed E-state index contributed by atoms with van der Waals surface area (Å²) in [5.41, 5.74) is 23.6. The van der Waals surface area contributed by atoms with Crippen molar-refractivity contribution >= 4 is 35.3 Å². The Morgan fingerprint density at radius 3 is 1.44 bits per heavy atom. The summed E-state index contributed by atoms with van der Waals surface area (Å²) in [7, 11) is -0.618. The molecule has 0 amide bonds. The van der Waals surface area contributed by atoms with Crippen molar-refractivity contribution in [2.45, 2.75) is 62.6 Å². The fourth-order valence-corrected chi connectivity index (χ4v) is 24.7. The summed E-state index contributed by atoms with van der Waals surface area (Å²) in [6.07, 6.45) is 5.33. The molecule has 1 heterocycles. The molecule has 6 aromatic rings. The van der Waals surface area contributed by atoms with Gasteiger partial charge in [0.15, 0.2) is 0 Å². The average Bonchev–Trinajstić information content (AvgIpc) is 3.87. The van der Waals surface area contributed by atoms with Gasteiger partial charge in [-0.25, -0.2) is 0 Å². The van der Waals surface area contributed by atoms with Crippen molar-refractivity contribution in [2.24, 2.45) is 11.8 Å². The Hall–Kier alpha value is -4.10. The second kappa shape index (κ2) is 13.9. The molecule has 6 aromatic carbocycles. The third-order valence-electron chi connectivity index (χ3n) is 13.1. The van der Waals surface area contributed by atoms with E-state index in [4.69, 9.17) is 0 Å². The topological polar surface area (TPSA) is 0 Å². The maximum atomic E-state index is 2.67. The number of hydrogen-bond donors (Lipinski definition) is 0. The Bertz CT molecular complexity index is 2420. The van der Waals surface area contributed by atoms with Gasteiger partial charge in [0.25, 0.3) is 0 Å². The van der Waals surface area contributed by atoms with Crippen molar-refractivity contribution in [1.29, 1.82) is 0 Å². The average molecular weight is 795 g/mol. The van der Waals surface area contributed by atoms with E-state index >= 15 is 0 Å². The first-order chi connectivity index (χ1) is 26.1. The molecule has 0 aromatic heterocycles. The van der Waals surface area contributed by atoms with Gasteiger partial charge < -0.3 is 0 Å². The van der Waals surface area contributed by atoms with Crippen molar-refractivity contribution in [2.75, 3.05) is 0 Å². The van der Waals surface area contributed by atoms with Crippen LogP contribution in [-0.4, -0.2) is 9.52 Å². The molecule has 2 aliphatic carbocycles. The van der Waals surface area contributed by atoms with E-state index in [2.05, 4.69) is 183 Å². The van der Waals surface area contributed by atoms with Crippen LogP contribution in [0.25, 0.3) is 45.5 Å². The normalized spacial score (nSPS) is 17.1. The van der Waals surface area contributed by atoms with Crippen LogP contribution in [0.4, 0.5) is 0 Å². The van der Waals surface area contributed by atoms with Gasteiger partial charge in [-0.15, -0.1) is 0 Å². The molecule has 0 saturated carbocycles. The van der Waals surface area contributed by atoms with Gasteiger partial charge in [0.05, 0.1) is 0 Å². The van der Waals surface area contributed by atoms with Gasteiger partial charge in [-0.05, 0) is 0 Å².